The van der Waals surface area contributed by atoms with Crippen molar-refractivity contribution in [2.45, 2.75) is 6.92 Å². The SMILES string of the molecule is Cc1ccccc1N(C)C(=N)c1ccccc1. The van der Waals surface area contributed by atoms with Gasteiger partial charge in [-0.25, -0.2) is 0 Å². The zero-order chi connectivity index (χ0) is 12.3. The van der Waals surface area contributed by atoms with Crippen molar-refractivity contribution in [1.82, 2.24) is 0 Å². The maximum atomic E-state index is 8.20. The van der Waals surface area contributed by atoms with E-state index in [0.717, 1.165) is 11.3 Å². The summed E-state index contributed by atoms with van der Waals surface area (Å²) >= 11 is 0. The Kier molecular flexibility index (Phi) is 3.24. The summed E-state index contributed by atoms with van der Waals surface area (Å²) in [5.41, 5.74) is 3.18. The first kappa shape index (κ1) is 11.4. The van der Waals surface area contributed by atoms with Gasteiger partial charge in [-0.1, -0.05) is 48.5 Å². The molecule has 0 amide bonds. The van der Waals surface area contributed by atoms with Gasteiger partial charge < -0.3 is 4.90 Å². The van der Waals surface area contributed by atoms with Crippen LogP contribution in [0.4, 0.5) is 5.69 Å². The molecule has 0 saturated carbocycles. The van der Waals surface area contributed by atoms with Gasteiger partial charge in [-0.3, -0.25) is 5.41 Å². The lowest BCUT2D eigenvalue weighted by molar-refractivity contribution is 1.20. The van der Waals surface area contributed by atoms with Crippen molar-refractivity contribution in [3.05, 3.63) is 65.7 Å². The summed E-state index contributed by atoms with van der Waals surface area (Å²) in [5.74, 6) is 0.514. The monoisotopic (exact) mass is 224 g/mol. The van der Waals surface area contributed by atoms with Crippen molar-refractivity contribution >= 4 is 11.5 Å². The van der Waals surface area contributed by atoms with Gasteiger partial charge in [0.2, 0.25) is 0 Å². The zero-order valence-electron chi connectivity index (χ0n) is 10.1. The molecule has 1 N–H and O–H groups in total. The molecule has 2 aromatic carbocycles. The van der Waals surface area contributed by atoms with Gasteiger partial charge in [0.15, 0.2) is 0 Å². The Bertz CT molecular complexity index is 517. The van der Waals surface area contributed by atoms with Gasteiger partial charge in [-0.05, 0) is 18.6 Å². The van der Waals surface area contributed by atoms with Crippen LogP contribution in [0.3, 0.4) is 0 Å². The molecule has 0 aliphatic heterocycles. The molecule has 2 rings (SSSR count). The molecule has 0 saturated heterocycles. The summed E-state index contributed by atoms with van der Waals surface area (Å²) in [7, 11) is 1.93. The average Bonchev–Trinajstić information content (AvgIpc) is 2.39. The maximum Gasteiger partial charge on any atom is 0.132 e. The van der Waals surface area contributed by atoms with Crippen molar-refractivity contribution in [1.29, 1.82) is 5.41 Å². The van der Waals surface area contributed by atoms with Crippen LogP contribution in [0.25, 0.3) is 0 Å². The van der Waals surface area contributed by atoms with Crippen molar-refractivity contribution in [3.63, 3.8) is 0 Å². The van der Waals surface area contributed by atoms with Crippen LogP contribution in [-0.2, 0) is 0 Å². The lowest BCUT2D eigenvalue weighted by atomic mass is 10.1. The molecule has 0 atom stereocenters. The van der Waals surface area contributed by atoms with Crippen LogP contribution in [0.2, 0.25) is 0 Å². The largest absolute Gasteiger partial charge is 0.329 e. The molecule has 0 bridgehead atoms. The van der Waals surface area contributed by atoms with E-state index in [1.165, 1.54) is 5.56 Å². The molecule has 0 aromatic heterocycles. The van der Waals surface area contributed by atoms with Gasteiger partial charge in [0.1, 0.15) is 5.84 Å². The van der Waals surface area contributed by atoms with E-state index in [0.29, 0.717) is 5.84 Å². The third kappa shape index (κ3) is 2.36. The minimum absolute atomic E-state index is 0.514. The average molecular weight is 224 g/mol. The molecule has 0 unspecified atom stereocenters. The molecule has 0 spiro atoms. The van der Waals surface area contributed by atoms with Crippen LogP contribution in [0, 0.1) is 12.3 Å². The number of aryl methyl sites for hydroxylation is 1. The van der Waals surface area contributed by atoms with Crippen LogP contribution in [0.5, 0.6) is 0 Å². The standard InChI is InChI=1S/C15H16N2/c1-12-8-6-7-11-14(12)17(2)15(16)13-9-4-3-5-10-13/h3-11,16H,1-2H3. The van der Waals surface area contributed by atoms with Gasteiger partial charge in [-0.2, -0.15) is 0 Å². The molecule has 2 nitrogen and oxygen atoms in total. The molecule has 2 aromatic rings. The fourth-order valence-electron chi connectivity index (χ4n) is 1.85. The van der Waals surface area contributed by atoms with Crippen LogP contribution < -0.4 is 4.90 Å². The van der Waals surface area contributed by atoms with Gasteiger partial charge in [0.25, 0.3) is 0 Å². The molecule has 0 aliphatic carbocycles. The Balaban J connectivity index is 2.30. The summed E-state index contributed by atoms with van der Waals surface area (Å²) < 4.78 is 0. The van der Waals surface area contributed by atoms with E-state index in [4.69, 9.17) is 5.41 Å². The van der Waals surface area contributed by atoms with E-state index in [-0.39, 0.29) is 0 Å². The second-order valence-corrected chi connectivity index (χ2v) is 4.06. The number of anilines is 1. The van der Waals surface area contributed by atoms with Crippen LogP contribution >= 0.6 is 0 Å². The Hall–Kier alpha value is -2.09. The molecule has 2 heteroatoms. The van der Waals surface area contributed by atoms with Gasteiger partial charge in [0, 0.05) is 18.3 Å². The van der Waals surface area contributed by atoms with E-state index in [1.807, 2.05) is 60.5 Å². The van der Waals surface area contributed by atoms with E-state index in [9.17, 15) is 0 Å². The third-order valence-electron chi connectivity index (χ3n) is 2.86. The molecule has 0 heterocycles. The minimum atomic E-state index is 0.514. The lowest BCUT2D eigenvalue weighted by Gasteiger charge is -2.22. The van der Waals surface area contributed by atoms with Gasteiger partial charge in [0.05, 0.1) is 0 Å². The normalized spacial score (nSPS) is 10.0. The summed E-state index contributed by atoms with van der Waals surface area (Å²) in [6.07, 6.45) is 0. The summed E-state index contributed by atoms with van der Waals surface area (Å²) in [6, 6.07) is 17.9. The number of nitrogens with zero attached hydrogens (tertiary/aromatic N) is 1. The number of hydrogen-bond donors (Lipinski definition) is 1. The molecule has 86 valence electrons. The predicted molar refractivity (Wildman–Crippen MR) is 72.9 cm³/mol. The lowest BCUT2D eigenvalue weighted by Crippen LogP contribution is -2.26. The van der Waals surface area contributed by atoms with Crippen LogP contribution in [-0.4, -0.2) is 12.9 Å². The summed E-state index contributed by atoms with van der Waals surface area (Å²) in [6.45, 7) is 2.06. The second-order valence-electron chi connectivity index (χ2n) is 4.06. The van der Waals surface area contributed by atoms with Gasteiger partial charge in [-0.15, -0.1) is 0 Å². The second kappa shape index (κ2) is 4.83. The van der Waals surface area contributed by atoms with Crippen LogP contribution in [0.15, 0.2) is 54.6 Å². The number of amidine groups is 1. The highest BCUT2D eigenvalue weighted by Crippen LogP contribution is 2.19. The highest BCUT2D eigenvalue weighted by molar-refractivity contribution is 6.07. The summed E-state index contributed by atoms with van der Waals surface area (Å²) in [4.78, 5) is 1.91. The molecule has 17 heavy (non-hydrogen) atoms. The van der Waals surface area contributed by atoms with E-state index in [1.54, 1.807) is 0 Å². The van der Waals surface area contributed by atoms with Crippen molar-refractivity contribution in [3.8, 4) is 0 Å². The number of para-hydroxylation sites is 1. The Morgan fingerprint density at radius 2 is 1.53 bits per heavy atom. The summed E-state index contributed by atoms with van der Waals surface area (Å²) in [5, 5.41) is 8.20. The smallest absolute Gasteiger partial charge is 0.132 e. The fraction of sp³-hybridized carbons (Fsp3) is 0.133. The fourth-order valence-corrected chi connectivity index (χ4v) is 1.85. The molecular weight excluding hydrogens is 208 g/mol. The third-order valence-corrected chi connectivity index (χ3v) is 2.86. The Labute approximate surface area is 102 Å². The maximum absolute atomic E-state index is 8.20. The Morgan fingerprint density at radius 3 is 2.18 bits per heavy atom. The first-order chi connectivity index (χ1) is 8.20. The van der Waals surface area contributed by atoms with E-state index >= 15 is 0 Å². The molecule has 0 aliphatic rings. The van der Waals surface area contributed by atoms with E-state index < -0.39 is 0 Å². The van der Waals surface area contributed by atoms with Crippen molar-refractivity contribution in [2.75, 3.05) is 11.9 Å². The highest BCUT2D eigenvalue weighted by Gasteiger charge is 2.10. The Morgan fingerprint density at radius 1 is 0.941 bits per heavy atom. The van der Waals surface area contributed by atoms with E-state index in [2.05, 4.69) is 13.0 Å². The van der Waals surface area contributed by atoms with Crippen LogP contribution in [0.1, 0.15) is 11.1 Å². The molecule has 0 radical (unpaired) electrons. The molecule has 0 fully saturated rings. The highest BCUT2D eigenvalue weighted by atomic mass is 15.1. The first-order valence-electron chi connectivity index (χ1n) is 5.63. The van der Waals surface area contributed by atoms with Crippen molar-refractivity contribution < 1.29 is 0 Å². The minimum Gasteiger partial charge on any atom is -0.329 e. The number of rotatable bonds is 2. The van der Waals surface area contributed by atoms with Gasteiger partial charge >= 0.3 is 0 Å². The number of hydrogen-bond acceptors (Lipinski definition) is 1. The number of nitrogens with one attached hydrogen (secondary N) is 1. The number of benzene rings is 2. The zero-order valence-corrected chi connectivity index (χ0v) is 10.1. The van der Waals surface area contributed by atoms with Crippen molar-refractivity contribution in [2.24, 2.45) is 0 Å². The molecular formula is C15H16N2. The first-order valence-corrected chi connectivity index (χ1v) is 5.63. The topological polar surface area (TPSA) is 27.1 Å². The quantitative estimate of drug-likeness (QED) is 0.614. The predicted octanol–water partition coefficient (Wildman–Crippen LogP) is 3.46.